The van der Waals surface area contributed by atoms with Gasteiger partial charge in [0, 0.05) is 31.1 Å². The van der Waals surface area contributed by atoms with Gasteiger partial charge < -0.3 is 28.8 Å². The summed E-state index contributed by atoms with van der Waals surface area (Å²) in [6.07, 6.45) is 1.48. The number of hydrogen-bond acceptors (Lipinski definition) is 7. The molecule has 0 fully saturated rings. The molecule has 8 nitrogen and oxygen atoms in total. The fraction of sp³-hybridized carbons (Fsp3) is 0.367. The van der Waals surface area contributed by atoms with Crippen LogP contribution < -0.4 is 23.7 Å². The number of hydrogen-bond donors (Lipinski definition) is 1. The van der Waals surface area contributed by atoms with Gasteiger partial charge in [0.15, 0.2) is 11.5 Å². The number of ether oxygens (including phenoxy) is 5. The maximum absolute atomic E-state index is 10.8. The molecule has 0 aliphatic carbocycles. The van der Waals surface area contributed by atoms with Crippen LogP contribution in [0.5, 0.6) is 28.7 Å². The maximum atomic E-state index is 10.8. The Morgan fingerprint density at radius 1 is 0.842 bits per heavy atom. The SMILES string of the molecule is COc1ccc(C2c3cc(OC)c(OC)cc3CCN2CCOc2ccc(CCC(=O)O)cc2)c(OC)c1. The van der Waals surface area contributed by atoms with Gasteiger partial charge in [0.2, 0.25) is 0 Å². The average Bonchev–Trinajstić information content (AvgIpc) is 2.95. The van der Waals surface area contributed by atoms with E-state index in [0.29, 0.717) is 25.3 Å². The molecule has 38 heavy (non-hydrogen) atoms. The summed E-state index contributed by atoms with van der Waals surface area (Å²) in [6.45, 7) is 2.01. The first-order valence-electron chi connectivity index (χ1n) is 12.6. The van der Waals surface area contributed by atoms with Gasteiger partial charge in [0.1, 0.15) is 23.9 Å². The Morgan fingerprint density at radius 3 is 2.18 bits per heavy atom. The summed E-state index contributed by atoms with van der Waals surface area (Å²) in [7, 11) is 6.61. The van der Waals surface area contributed by atoms with Crippen molar-refractivity contribution >= 4 is 5.97 Å². The van der Waals surface area contributed by atoms with Crippen LogP contribution in [-0.4, -0.2) is 64.1 Å². The zero-order chi connectivity index (χ0) is 27.1. The van der Waals surface area contributed by atoms with Gasteiger partial charge in [0.05, 0.1) is 34.5 Å². The molecule has 0 saturated carbocycles. The Labute approximate surface area is 223 Å². The van der Waals surface area contributed by atoms with Gasteiger partial charge in [-0.15, -0.1) is 0 Å². The van der Waals surface area contributed by atoms with Crippen LogP contribution in [0.15, 0.2) is 54.6 Å². The van der Waals surface area contributed by atoms with E-state index in [0.717, 1.165) is 52.7 Å². The van der Waals surface area contributed by atoms with Gasteiger partial charge >= 0.3 is 5.97 Å². The second-order valence-electron chi connectivity index (χ2n) is 9.09. The summed E-state index contributed by atoms with van der Waals surface area (Å²) >= 11 is 0. The lowest BCUT2D eigenvalue weighted by atomic mass is 9.87. The van der Waals surface area contributed by atoms with Crippen molar-refractivity contribution in [2.45, 2.75) is 25.3 Å². The van der Waals surface area contributed by atoms with E-state index in [4.69, 9.17) is 28.8 Å². The summed E-state index contributed by atoms with van der Waals surface area (Å²) in [5.41, 5.74) is 4.35. The zero-order valence-electron chi connectivity index (χ0n) is 22.4. The number of aryl methyl sites for hydroxylation is 1. The van der Waals surface area contributed by atoms with Crippen LogP contribution >= 0.6 is 0 Å². The van der Waals surface area contributed by atoms with E-state index >= 15 is 0 Å². The second kappa shape index (κ2) is 12.6. The van der Waals surface area contributed by atoms with Crippen molar-refractivity contribution in [1.29, 1.82) is 0 Å². The lowest BCUT2D eigenvalue weighted by molar-refractivity contribution is -0.136. The van der Waals surface area contributed by atoms with Crippen molar-refractivity contribution < 1.29 is 33.6 Å². The molecule has 0 aromatic heterocycles. The van der Waals surface area contributed by atoms with E-state index in [-0.39, 0.29) is 12.5 Å². The topological polar surface area (TPSA) is 86.7 Å². The van der Waals surface area contributed by atoms with Gasteiger partial charge in [-0.3, -0.25) is 9.69 Å². The standard InChI is InChI=1S/C30H35NO7/c1-34-23-10-11-24(26(18-23)35-2)30-25-19-28(37-4)27(36-3)17-21(25)13-14-31(30)15-16-38-22-8-5-20(6-9-22)7-12-29(32)33/h5-6,8-11,17-19,30H,7,12-16H2,1-4H3,(H,32,33). The molecule has 4 rings (SSSR count). The summed E-state index contributed by atoms with van der Waals surface area (Å²) in [4.78, 5) is 13.2. The fourth-order valence-corrected chi connectivity index (χ4v) is 4.93. The Bertz CT molecular complexity index is 1240. The third-order valence-electron chi connectivity index (χ3n) is 6.91. The quantitative estimate of drug-likeness (QED) is 0.365. The number of nitrogens with zero attached hydrogens (tertiary/aromatic N) is 1. The molecule has 8 heteroatoms. The molecule has 0 radical (unpaired) electrons. The Morgan fingerprint density at radius 2 is 1.53 bits per heavy atom. The highest BCUT2D eigenvalue weighted by Crippen LogP contribution is 2.44. The number of carboxylic acid groups (broad SMARTS) is 1. The Hall–Kier alpha value is -3.91. The van der Waals surface area contributed by atoms with E-state index in [2.05, 4.69) is 23.1 Å². The molecule has 0 amide bonds. The van der Waals surface area contributed by atoms with Crippen molar-refractivity contribution in [3.8, 4) is 28.7 Å². The normalized spacial score (nSPS) is 14.9. The van der Waals surface area contributed by atoms with Crippen molar-refractivity contribution in [2.24, 2.45) is 0 Å². The first kappa shape index (κ1) is 27.1. The van der Waals surface area contributed by atoms with Crippen molar-refractivity contribution in [3.63, 3.8) is 0 Å². The molecule has 3 aromatic carbocycles. The molecular formula is C30H35NO7. The van der Waals surface area contributed by atoms with Crippen LogP contribution in [0.1, 0.15) is 34.7 Å². The minimum absolute atomic E-state index is 0.0820. The molecular weight excluding hydrogens is 486 g/mol. The number of rotatable bonds is 12. The molecule has 1 atom stereocenters. The zero-order valence-corrected chi connectivity index (χ0v) is 22.4. The number of fused-ring (bicyclic) bond motifs is 1. The first-order valence-corrected chi connectivity index (χ1v) is 12.6. The van der Waals surface area contributed by atoms with Gasteiger partial charge in [-0.25, -0.2) is 0 Å². The minimum Gasteiger partial charge on any atom is -0.497 e. The summed E-state index contributed by atoms with van der Waals surface area (Å²) in [5.74, 6) is 2.84. The molecule has 1 aliphatic heterocycles. The van der Waals surface area contributed by atoms with Crippen LogP contribution in [0, 0.1) is 0 Å². The third-order valence-corrected chi connectivity index (χ3v) is 6.91. The van der Waals surface area contributed by atoms with Crippen LogP contribution in [0.25, 0.3) is 0 Å². The minimum atomic E-state index is -0.799. The Kier molecular flexibility index (Phi) is 8.97. The van der Waals surface area contributed by atoms with Crippen LogP contribution in [0.3, 0.4) is 0 Å². The van der Waals surface area contributed by atoms with Crippen LogP contribution in [0.2, 0.25) is 0 Å². The van der Waals surface area contributed by atoms with Crippen molar-refractivity contribution in [2.75, 3.05) is 48.1 Å². The highest BCUT2D eigenvalue weighted by Gasteiger charge is 2.32. The molecule has 202 valence electrons. The van der Waals surface area contributed by atoms with E-state index in [1.807, 2.05) is 36.4 Å². The highest BCUT2D eigenvalue weighted by molar-refractivity contribution is 5.67. The lowest BCUT2D eigenvalue weighted by Crippen LogP contribution is -2.39. The summed E-state index contributed by atoms with van der Waals surface area (Å²) in [5, 5.41) is 8.89. The smallest absolute Gasteiger partial charge is 0.303 e. The maximum Gasteiger partial charge on any atom is 0.303 e. The van der Waals surface area contributed by atoms with Crippen molar-refractivity contribution in [3.05, 3.63) is 76.9 Å². The van der Waals surface area contributed by atoms with E-state index in [1.165, 1.54) is 5.56 Å². The fourth-order valence-electron chi connectivity index (χ4n) is 4.93. The molecule has 1 heterocycles. The molecule has 3 aromatic rings. The molecule has 1 unspecified atom stereocenters. The number of aliphatic carboxylic acids is 1. The summed E-state index contributed by atoms with van der Waals surface area (Å²) in [6, 6.07) is 17.6. The number of benzene rings is 3. The average molecular weight is 522 g/mol. The van der Waals surface area contributed by atoms with Gasteiger partial charge in [-0.05, 0) is 65.9 Å². The Balaban J connectivity index is 1.58. The monoisotopic (exact) mass is 521 g/mol. The predicted octanol–water partition coefficient (Wildman–Crippen LogP) is 4.76. The number of carboxylic acids is 1. The first-order chi connectivity index (χ1) is 18.5. The third kappa shape index (κ3) is 6.14. The van der Waals surface area contributed by atoms with Gasteiger partial charge in [-0.1, -0.05) is 12.1 Å². The lowest BCUT2D eigenvalue weighted by Gasteiger charge is -2.38. The van der Waals surface area contributed by atoms with Gasteiger partial charge in [0.25, 0.3) is 0 Å². The number of carbonyl (C=O) groups is 1. The molecule has 0 bridgehead atoms. The second-order valence-corrected chi connectivity index (χ2v) is 9.09. The van der Waals surface area contributed by atoms with Crippen molar-refractivity contribution in [1.82, 2.24) is 4.90 Å². The van der Waals surface area contributed by atoms with E-state index in [9.17, 15) is 4.79 Å². The van der Waals surface area contributed by atoms with E-state index < -0.39 is 5.97 Å². The van der Waals surface area contributed by atoms with Crippen LogP contribution in [0.4, 0.5) is 0 Å². The largest absolute Gasteiger partial charge is 0.497 e. The molecule has 0 spiro atoms. The highest BCUT2D eigenvalue weighted by atomic mass is 16.5. The molecule has 1 aliphatic rings. The molecule has 0 saturated heterocycles. The molecule has 1 N–H and O–H groups in total. The van der Waals surface area contributed by atoms with Gasteiger partial charge in [-0.2, -0.15) is 0 Å². The predicted molar refractivity (Wildman–Crippen MR) is 144 cm³/mol. The number of methoxy groups -OCH3 is 4. The summed E-state index contributed by atoms with van der Waals surface area (Å²) < 4.78 is 28.5. The van der Waals surface area contributed by atoms with E-state index in [1.54, 1.807) is 28.4 Å². The van der Waals surface area contributed by atoms with Crippen LogP contribution in [-0.2, 0) is 17.6 Å².